The quantitative estimate of drug-likeness (QED) is 0.148. The van der Waals surface area contributed by atoms with E-state index in [1.165, 1.54) is 6.07 Å². The lowest BCUT2D eigenvalue weighted by Gasteiger charge is -2.13. The highest BCUT2D eigenvalue weighted by atomic mass is 16.6. The van der Waals surface area contributed by atoms with Crippen molar-refractivity contribution in [2.24, 2.45) is 10.7 Å². The van der Waals surface area contributed by atoms with Crippen LogP contribution in [0.3, 0.4) is 0 Å². The van der Waals surface area contributed by atoms with Gasteiger partial charge in [0.1, 0.15) is 12.4 Å². The number of anilines is 2. The number of aliphatic imine (C=N–C) groups is 1. The summed E-state index contributed by atoms with van der Waals surface area (Å²) in [7, 11) is 3.96. The molecular formula is C25H30N6O3. The van der Waals surface area contributed by atoms with Crippen LogP contribution in [0.5, 0.6) is 5.75 Å². The lowest BCUT2D eigenvalue weighted by atomic mass is 9.94. The highest BCUT2D eigenvalue weighted by Crippen LogP contribution is 2.40. The van der Waals surface area contributed by atoms with Crippen LogP contribution in [0, 0.1) is 24.0 Å². The fourth-order valence-corrected chi connectivity index (χ4v) is 3.59. The number of ether oxygens (including phenoxy) is 1. The van der Waals surface area contributed by atoms with Gasteiger partial charge in [0, 0.05) is 18.3 Å². The van der Waals surface area contributed by atoms with E-state index in [9.17, 15) is 10.1 Å². The number of nitro benzene ring substituents is 1. The number of nitrogens with two attached hydrogens (primary N) is 2. The van der Waals surface area contributed by atoms with Crippen molar-refractivity contribution in [1.29, 1.82) is 0 Å². The maximum atomic E-state index is 11.8. The molecule has 3 aromatic rings. The maximum Gasteiger partial charge on any atom is 0.297 e. The van der Waals surface area contributed by atoms with Gasteiger partial charge in [-0.3, -0.25) is 10.1 Å². The minimum absolute atomic E-state index is 0.00799. The summed E-state index contributed by atoms with van der Waals surface area (Å²) in [5.74, 6) is 0.709. The maximum absolute atomic E-state index is 11.8. The predicted molar refractivity (Wildman–Crippen MR) is 138 cm³/mol. The Balaban J connectivity index is 1.85. The summed E-state index contributed by atoms with van der Waals surface area (Å²) < 4.78 is 5.67. The summed E-state index contributed by atoms with van der Waals surface area (Å²) in [5.41, 5.74) is 16.5. The average molecular weight is 463 g/mol. The summed E-state index contributed by atoms with van der Waals surface area (Å²) in [4.78, 5) is 17.6. The van der Waals surface area contributed by atoms with Gasteiger partial charge in [-0.15, -0.1) is 0 Å². The number of hydrogen-bond acceptors (Lipinski definition) is 6. The van der Waals surface area contributed by atoms with Gasteiger partial charge in [-0.2, -0.15) is 0 Å². The third-order valence-corrected chi connectivity index (χ3v) is 5.25. The number of nitrogens with one attached hydrogen (secondary N) is 1. The van der Waals surface area contributed by atoms with Crippen molar-refractivity contribution < 1.29 is 9.66 Å². The molecule has 0 atom stereocenters. The molecule has 0 radical (unpaired) electrons. The molecule has 0 amide bonds. The van der Waals surface area contributed by atoms with E-state index in [1.807, 2.05) is 51.0 Å². The zero-order chi connectivity index (χ0) is 24.8. The van der Waals surface area contributed by atoms with E-state index in [0.29, 0.717) is 17.9 Å². The Kier molecular flexibility index (Phi) is 7.70. The second-order valence-corrected chi connectivity index (χ2v) is 8.26. The van der Waals surface area contributed by atoms with E-state index in [2.05, 4.69) is 10.3 Å². The van der Waals surface area contributed by atoms with Crippen LogP contribution in [0.25, 0.3) is 11.1 Å². The van der Waals surface area contributed by atoms with E-state index >= 15 is 0 Å². The number of aryl methyl sites for hydroxylation is 2. The Morgan fingerprint density at radius 2 is 1.76 bits per heavy atom. The molecule has 9 heteroatoms. The number of nitrogens with zero attached hydrogens (tertiary/aromatic N) is 3. The minimum atomic E-state index is -0.501. The first-order valence-electron chi connectivity index (χ1n) is 10.8. The number of nitro groups is 1. The van der Waals surface area contributed by atoms with E-state index in [1.54, 1.807) is 30.3 Å². The molecule has 0 fully saturated rings. The van der Waals surface area contributed by atoms with Crippen LogP contribution in [0.4, 0.5) is 22.7 Å². The van der Waals surface area contributed by atoms with Gasteiger partial charge in [0.25, 0.3) is 5.69 Å². The Morgan fingerprint density at radius 1 is 1.12 bits per heavy atom. The van der Waals surface area contributed by atoms with Crippen LogP contribution in [0.2, 0.25) is 0 Å². The molecule has 0 spiro atoms. The van der Waals surface area contributed by atoms with Crippen LogP contribution in [-0.2, 0) is 0 Å². The number of benzene rings is 3. The third kappa shape index (κ3) is 6.02. The monoisotopic (exact) mass is 462 g/mol. The van der Waals surface area contributed by atoms with E-state index in [4.69, 9.17) is 16.2 Å². The minimum Gasteiger partial charge on any atom is -0.492 e. The Hall–Kier alpha value is -4.11. The van der Waals surface area contributed by atoms with E-state index in [0.717, 1.165) is 29.0 Å². The molecule has 0 aromatic heterocycles. The summed E-state index contributed by atoms with van der Waals surface area (Å²) in [5, 5.41) is 14.8. The number of likely N-dealkylation sites (N-methyl/N-ethyl adjacent to an activating group) is 1. The molecule has 0 unspecified atom stereocenters. The van der Waals surface area contributed by atoms with Gasteiger partial charge in [0.05, 0.1) is 10.6 Å². The Bertz CT molecular complexity index is 1190. The van der Waals surface area contributed by atoms with Crippen molar-refractivity contribution >= 4 is 28.7 Å². The number of rotatable bonds is 8. The topological polar surface area (TPSA) is 132 Å². The first-order valence-corrected chi connectivity index (χ1v) is 10.8. The first kappa shape index (κ1) is 24.5. The van der Waals surface area contributed by atoms with Gasteiger partial charge >= 0.3 is 0 Å². The van der Waals surface area contributed by atoms with Crippen molar-refractivity contribution in [3.05, 3.63) is 75.8 Å². The lowest BCUT2D eigenvalue weighted by Crippen LogP contribution is -2.22. The van der Waals surface area contributed by atoms with E-state index in [-0.39, 0.29) is 23.0 Å². The highest BCUT2D eigenvalue weighted by Gasteiger charge is 2.20. The Morgan fingerprint density at radius 3 is 2.35 bits per heavy atom. The van der Waals surface area contributed by atoms with Gasteiger partial charge in [0.2, 0.25) is 0 Å². The second-order valence-electron chi connectivity index (χ2n) is 8.26. The second kappa shape index (κ2) is 10.7. The molecule has 0 aliphatic heterocycles. The van der Waals surface area contributed by atoms with Crippen LogP contribution >= 0.6 is 0 Å². The molecule has 3 rings (SSSR count). The zero-order valence-electron chi connectivity index (χ0n) is 19.8. The van der Waals surface area contributed by atoms with Gasteiger partial charge in [-0.25, -0.2) is 4.99 Å². The van der Waals surface area contributed by atoms with Crippen molar-refractivity contribution in [3.63, 3.8) is 0 Å². The molecule has 3 aromatic carbocycles. The van der Waals surface area contributed by atoms with Crippen LogP contribution < -0.4 is 21.5 Å². The summed E-state index contributed by atoms with van der Waals surface area (Å²) in [6.45, 7) is 5.29. The van der Waals surface area contributed by atoms with Crippen molar-refractivity contribution in [2.75, 3.05) is 38.3 Å². The van der Waals surface area contributed by atoms with Gasteiger partial charge in [0.15, 0.2) is 11.6 Å². The molecule has 9 nitrogen and oxygen atoms in total. The smallest absolute Gasteiger partial charge is 0.297 e. The molecule has 178 valence electrons. The number of nitrogen functional groups attached to an aromatic ring is 1. The highest BCUT2D eigenvalue weighted by molar-refractivity contribution is 5.97. The van der Waals surface area contributed by atoms with E-state index < -0.39 is 4.92 Å². The van der Waals surface area contributed by atoms with Gasteiger partial charge < -0.3 is 26.4 Å². The molecule has 0 saturated heterocycles. The van der Waals surface area contributed by atoms with Crippen LogP contribution in [-0.4, -0.2) is 43.0 Å². The number of guanidine groups is 1. The average Bonchev–Trinajstić information content (AvgIpc) is 2.76. The largest absolute Gasteiger partial charge is 0.492 e. The molecule has 0 saturated carbocycles. The third-order valence-electron chi connectivity index (χ3n) is 5.25. The summed E-state index contributed by atoms with van der Waals surface area (Å²) in [6, 6.07) is 16.2. The molecular weight excluding hydrogens is 432 g/mol. The van der Waals surface area contributed by atoms with Crippen LogP contribution in [0.1, 0.15) is 11.1 Å². The summed E-state index contributed by atoms with van der Waals surface area (Å²) in [6.07, 6.45) is 0. The molecule has 5 N–H and O–H groups in total. The molecule has 0 aliphatic carbocycles. The first-order chi connectivity index (χ1) is 16.2. The Labute approximate surface area is 199 Å². The van der Waals surface area contributed by atoms with Crippen molar-refractivity contribution in [1.82, 2.24) is 4.90 Å². The van der Waals surface area contributed by atoms with Crippen molar-refractivity contribution in [3.8, 4) is 16.9 Å². The zero-order valence-corrected chi connectivity index (χ0v) is 19.8. The van der Waals surface area contributed by atoms with Crippen LogP contribution in [0.15, 0.2) is 59.6 Å². The predicted octanol–water partition coefficient (Wildman–Crippen LogP) is 4.46. The fraction of sp³-hybridized carbons (Fsp3) is 0.240. The normalized spacial score (nSPS) is 11.5. The SMILES string of the molecule is Cc1cccc(C)c1-c1cc(N)c(N=C(N)Nc2ccc(OCCN(C)C)cc2)c([N+](=O)[O-])c1. The fourth-order valence-electron chi connectivity index (χ4n) is 3.59. The molecule has 0 aliphatic rings. The number of hydrogen-bond donors (Lipinski definition) is 3. The standard InChI is InChI=1S/C25H30N6O3/c1-16-6-5-7-17(2)23(16)18-14-21(26)24(22(15-18)31(32)33)29-25(27)28-19-8-10-20(11-9-19)34-13-12-30(3)4/h5-11,14-15H,12-13,26H2,1-4H3,(H3,27,28,29). The van der Waals surface area contributed by atoms with Gasteiger partial charge in [-0.05, 0) is 80.5 Å². The molecule has 0 bridgehead atoms. The molecule has 34 heavy (non-hydrogen) atoms. The van der Waals surface area contributed by atoms with Crippen molar-refractivity contribution in [2.45, 2.75) is 13.8 Å². The summed E-state index contributed by atoms with van der Waals surface area (Å²) >= 11 is 0. The lowest BCUT2D eigenvalue weighted by molar-refractivity contribution is -0.383. The van der Waals surface area contributed by atoms with Gasteiger partial charge in [-0.1, -0.05) is 18.2 Å². The molecule has 0 heterocycles.